The van der Waals surface area contributed by atoms with Gasteiger partial charge in [0.1, 0.15) is 11.5 Å². The highest BCUT2D eigenvalue weighted by atomic mass is 16.5. The SMILES string of the molecule is CNC(=O)Nc1ccc2c(c1)C(=O)C(=Cc1c(CN(C)C)[nH]c3ccc(OC)cc13)O2. The molecule has 0 bridgehead atoms. The smallest absolute Gasteiger partial charge is 0.318 e. The minimum Gasteiger partial charge on any atom is -0.497 e. The Morgan fingerprint density at radius 3 is 2.74 bits per heavy atom. The number of urea groups is 1. The summed E-state index contributed by atoms with van der Waals surface area (Å²) < 4.78 is 11.2. The van der Waals surface area contributed by atoms with Gasteiger partial charge in [0.2, 0.25) is 5.78 Å². The molecular weight excluding hydrogens is 396 g/mol. The number of amides is 2. The Balaban J connectivity index is 1.75. The fraction of sp³-hybridized carbons (Fsp3) is 0.217. The van der Waals surface area contributed by atoms with Gasteiger partial charge in [-0.05, 0) is 56.6 Å². The molecule has 1 aromatic heterocycles. The van der Waals surface area contributed by atoms with Crippen molar-refractivity contribution in [3.8, 4) is 11.5 Å². The number of hydrogen-bond acceptors (Lipinski definition) is 5. The monoisotopic (exact) mass is 420 g/mol. The molecule has 160 valence electrons. The van der Waals surface area contributed by atoms with Crippen molar-refractivity contribution in [2.75, 3.05) is 33.6 Å². The van der Waals surface area contributed by atoms with E-state index in [2.05, 4.69) is 15.6 Å². The molecule has 0 unspecified atom stereocenters. The molecule has 0 aliphatic carbocycles. The van der Waals surface area contributed by atoms with Crippen LogP contribution in [0.5, 0.6) is 11.5 Å². The van der Waals surface area contributed by atoms with Gasteiger partial charge in [0.05, 0.1) is 12.7 Å². The molecule has 0 fully saturated rings. The van der Waals surface area contributed by atoms with E-state index in [-0.39, 0.29) is 17.6 Å². The van der Waals surface area contributed by atoms with Crippen molar-refractivity contribution in [3.05, 3.63) is 59.0 Å². The van der Waals surface area contributed by atoms with E-state index in [1.165, 1.54) is 7.05 Å². The third-order valence-electron chi connectivity index (χ3n) is 5.03. The molecule has 2 amide bonds. The molecule has 0 saturated heterocycles. The molecule has 0 atom stereocenters. The van der Waals surface area contributed by atoms with Gasteiger partial charge in [-0.25, -0.2) is 4.79 Å². The third-order valence-corrected chi connectivity index (χ3v) is 5.03. The van der Waals surface area contributed by atoms with Crippen LogP contribution in [-0.4, -0.2) is 50.0 Å². The molecule has 2 aromatic carbocycles. The van der Waals surface area contributed by atoms with Crippen LogP contribution in [0.4, 0.5) is 10.5 Å². The fourth-order valence-corrected chi connectivity index (χ4v) is 3.57. The number of allylic oxidation sites excluding steroid dienone is 1. The summed E-state index contributed by atoms with van der Waals surface area (Å²) >= 11 is 0. The fourth-order valence-electron chi connectivity index (χ4n) is 3.57. The number of H-pyrrole nitrogens is 1. The first-order chi connectivity index (χ1) is 14.9. The normalized spacial score (nSPS) is 14.1. The molecule has 1 aliphatic heterocycles. The number of fused-ring (bicyclic) bond motifs is 2. The standard InChI is InChI=1S/C23H24N4O4/c1-24-23(29)25-13-5-8-20-17(9-13)22(28)21(31-20)11-16-15-10-14(30-4)6-7-18(15)26-19(16)12-27(2)3/h5-11,26H,12H2,1-4H3,(H2,24,25,29). The van der Waals surface area contributed by atoms with Crippen LogP contribution < -0.4 is 20.1 Å². The van der Waals surface area contributed by atoms with E-state index in [1.54, 1.807) is 31.4 Å². The lowest BCUT2D eigenvalue weighted by molar-refractivity contribution is 0.101. The number of hydrogen-bond donors (Lipinski definition) is 3. The van der Waals surface area contributed by atoms with Gasteiger partial charge >= 0.3 is 6.03 Å². The second kappa shape index (κ2) is 8.16. The summed E-state index contributed by atoms with van der Waals surface area (Å²) in [6, 6.07) is 10.4. The number of ketones is 1. The Bertz CT molecular complexity index is 1210. The van der Waals surface area contributed by atoms with E-state index < -0.39 is 0 Å². The maximum Gasteiger partial charge on any atom is 0.318 e. The number of carbonyl (C=O) groups excluding carboxylic acids is 2. The van der Waals surface area contributed by atoms with Gasteiger partial charge in [-0.1, -0.05) is 0 Å². The second-order valence-electron chi connectivity index (χ2n) is 7.52. The van der Waals surface area contributed by atoms with E-state index in [1.807, 2.05) is 37.2 Å². The van der Waals surface area contributed by atoms with Crippen LogP contribution in [0, 0.1) is 0 Å². The minimum atomic E-state index is -0.358. The van der Waals surface area contributed by atoms with E-state index in [9.17, 15) is 9.59 Å². The van der Waals surface area contributed by atoms with E-state index in [0.717, 1.165) is 27.9 Å². The third kappa shape index (κ3) is 3.97. The molecule has 3 N–H and O–H groups in total. The van der Waals surface area contributed by atoms with Crippen LogP contribution >= 0.6 is 0 Å². The molecule has 4 rings (SSSR count). The summed E-state index contributed by atoms with van der Waals surface area (Å²) in [7, 11) is 7.12. The number of nitrogens with zero attached hydrogens (tertiary/aromatic N) is 1. The van der Waals surface area contributed by atoms with Crippen LogP contribution in [0.15, 0.2) is 42.2 Å². The first-order valence-electron chi connectivity index (χ1n) is 9.80. The van der Waals surface area contributed by atoms with Crippen LogP contribution in [-0.2, 0) is 6.54 Å². The molecule has 3 aromatic rings. The van der Waals surface area contributed by atoms with Crippen molar-refractivity contribution in [2.24, 2.45) is 0 Å². The molecule has 8 heteroatoms. The first-order valence-corrected chi connectivity index (χ1v) is 9.80. The lowest BCUT2D eigenvalue weighted by atomic mass is 10.1. The molecule has 0 radical (unpaired) electrons. The highest BCUT2D eigenvalue weighted by Crippen LogP contribution is 2.36. The quantitative estimate of drug-likeness (QED) is 0.548. The van der Waals surface area contributed by atoms with E-state index >= 15 is 0 Å². The zero-order valence-corrected chi connectivity index (χ0v) is 17.8. The van der Waals surface area contributed by atoms with Crippen molar-refractivity contribution < 1.29 is 19.1 Å². The zero-order valence-electron chi connectivity index (χ0n) is 17.8. The molecule has 1 aliphatic rings. The minimum absolute atomic E-state index is 0.232. The summed E-state index contributed by atoms with van der Waals surface area (Å²) in [6.07, 6.45) is 1.77. The predicted octanol–water partition coefficient (Wildman–Crippen LogP) is 3.61. The summed E-state index contributed by atoms with van der Waals surface area (Å²) in [5, 5.41) is 6.09. The average molecular weight is 420 g/mol. The van der Waals surface area contributed by atoms with Gasteiger partial charge in [-0.3, -0.25) is 4.79 Å². The summed E-state index contributed by atoms with van der Waals surface area (Å²) in [5.74, 6) is 1.19. The van der Waals surface area contributed by atoms with Gasteiger partial charge in [-0.15, -0.1) is 0 Å². The van der Waals surface area contributed by atoms with Gasteiger partial charge in [0.25, 0.3) is 0 Å². The number of benzene rings is 2. The Kier molecular flexibility index (Phi) is 5.39. The average Bonchev–Trinajstić information content (AvgIpc) is 3.24. The number of anilines is 1. The van der Waals surface area contributed by atoms with Gasteiger partial charge in [0.15, 0.2) is 5.76 Å². The number of carbonyl (C=O) groups is 2. The Hall–Kier alpha value is -3.78. The maximum absolute atomic E-state index is 13.1. The van der Waals surface area contributed by atoms with E-state index in [0.29, 0.717) is 23.5 Å². The maximum atomic E-state index is 13.1. The van der Waals surface area contributed by atoms with Crippen LogP contribution in [0.3, 0.4) is 0 Å². The number of aromatic amines is 1. The topological polar surface area (TPSA) is 95.7 Å². The van der Waals surface area contributed by atoms with Crippen molar-refractivity contribution in [2.45, 2.75) is 6.54 Å². The lowest BCUT2D eigenvalue weighted by Crippen LogP contribution is -2.24. The predicted molar refractivity (Wildman–Crippen MR) is 120 cm³/mol. The van der Waals surface area contributed by atoms with Crippen molar-refractivity contribution in [1.82, 2.24) is 15.2 Å². The van der Waals surface area contributed by atoms with Crippen molar-refractivity contribution in [1.29, 1.82) is 0 Å². The second-order valence-corrected chi connectivity index (χ2v) is 7.52. The van der Waals surface area contributed by atoms with Crippen molar-refractivity contribution >= 4 is 34.5 Å². The Labute approximate surface area is 179 Å². The molecule has 0 saturated carbocycles. The summed E-state index contributed by atoms with van der Waals surface area (Å²) in [6.45, 7) is 0.664. The summed E-state index contributed by atoms with van der Waals surface area (Å²) in [4.78, 5) is 30.1. The first kappa shape index (κ1) is 20.5. The lowest BCUT2D eigenvalue weighted by Gasteiger charge is -2.09. The molecular formula is C23H24N4O4. The molecule has 0 spiro atoms. The largest absolute Gasteiger partial charge is 0.497 e. The number of Topliss-reactive ketones (excluding diaryl/α,β-unsaturated/α-hetero) is 1. The van der Waals surface area contributed by atoms with Gasteiger partial charge in [0, 0.05) is 41.4 Å². The Morgan fingerprint density at radius 1 is 1.23 bits per heavy atom. The molecule has 8 nitrogen and oxygen atoms in total. The number of methoxy groups -OCH3 is 1. The number of nitrogens with one attached hydrogen (secondary N) is 3. The Morgan fingerprint density at radius 2 is 2.03 bits per heavy atom. The van der Waals surface area contributed by atoms with Crippen molar-refractivity contribution in [3.63, 3.8) is 0 Å². The van der Waals surface area contributed by atoms with Crippen LogP contribution in [0.1, 0.15) is 21.6 Å². The van der Waals surface area contributed by atoms with Gasteiger partial charge in [-0.2, -0.15) is 0 Å². The highest BCUT2D eigenvalue weighted by Gasteiger charge is 2.28. The van der Waals surface area contributed by atoms with Crippen LogP contribution in [0.25, 0.3) is 17.0 Å². The van der Waals surface area contributed by atoms with E-state index in [4.69, 9.17) is 9.47 Å². The zero-order chi connectivity index (χ0) is 22.1. The summed E-state index contributed by atoms with van der Waals surface area (Å²) in [5.41, 5.74) is 3.72. The molecule has 2 heterocycles. The van der Waals surface area contributed by atoms with Crippen LogP contribution in [0.2, 0.25) is 0 Å². The highest BCUT2D eigenvalue weighted by molar-refractivity contribution is 6.16. The number of aromatic nitrogens is 1. The number of rotatable bonds is 5. The number of ether oxygens (including phenoxy) is 2. The molecule has 31 heavy (non-hydrogen) atoms. The van der Waals surface area contributed by atoms with Gasteiger partial charge < -0.3 is 30.0 Å².